The molecular weight excluding hydrogens is 212 g/mol. The van der Waals surface area contributed by atoms with Crippen LogP contribution in [0, 0.1) is 5.92 Å². The predicted octanol–water partition coefficient (Wildman–Crippen LogP) is 3.39. The van der Waals surface area contributed by atoms with Crippen LogP contribution in [0.4, 0.5) is 0 Å². The molecule has 1 aliphatic carbocycles. The van der Waals surface area contributed by atoms with Crippen molar-refractivity contribution in [3.63, 3.8) is 0 Å². The van der Waals surface area contributed by atoms with Crippen molar-refractivity contribution in [2.75, 3.05) is 0 Å². The summed E-state index contributed by atoms with van der Waals surface area (Å²) in [6, 6.07) is 0. The number of hydrogen-bond acceptors (Lipinski definition) is 2. The second kappa shape index (κ2) is 5.76. The number of hydrogen-bond donors (Lipinski definition) is 0. The number of carbonyl (C=O) groups excluding carboxylic acids is 2. The number of carbonyl (C=O) groups is 2. The summed E-state index contributed by atoms with van der Waals surface area (Å²) in [4.78, 5) is 23.3. The van der Waals surface area contributed by atoms with Crippen LogP contribution in [0.2, 0.25) is 0 Å². The molecular formula is C15H20O2. The zero-order valence-electron chi connectivity index (χ0n) is 11.0. The predicted molar refractivity (Wildman–Crippen MR) is 69.7 cm³/mol. The molecule has 0 spiro atoms. The maximum absolute atomic E-state index is 11.8. The summed E-state index contributed by atoms with van der Waals surface area (Å²) < 4.78 is 0. The topological polar surface area (TPSA) is 34.1 Å². The Morgan fingerprint density at radius 2 is 1.88 bits per heavy atom. The molecule has 1 aliphatic rings. The van der Waals surface area contributed by atoms with Crippen molar-refractivity contribution in [2.45, 2.75) is 40.5 Å². The van der Waals surface area contributed by atoms with Gasteiger partial charge in [0.1, 0.15) is 0 Å². The van der Waals surface area contributed by atoms with Gasteiger partial charge in [-0.05, 0) is 51.7 Å². The highest BCUT2D eigenvalue weighted by Crippen LogP contribution is 2.22. The van der Waals surface area contributed by atoms with Gasteiger partial charge < -0.3 is 0 Å². The van der Waals surface area contributed by atoms with E-state index < -0.39 is 0 Å². The van der Waals surface area contributed by atoms with Crippen LogP contribution in [-0.2, 0) is 9.59 Å². The van der Waals surface area contributed by atoms with E-state index in [1.807, 2.05) is 6.92 Å². The lowest BCUT2D eigenvalue weighted by molar-refractivity contribution is -0.115. The molecule has 2 heteroatoms. The highest BCUT2D eigenvalue weighted by atomic mass is 16.1. The molecule has 0 aliphatic heterocycles. The quantitative estimate of drug-likeness (QED) is 0.550. The first-order valence-electron chi connectivity index (χ1n) is 6.03. The van der Waals surface area contributed by atoms with E-state index in [0.717, 1.165) is 12.8 Å². The summed E-state index contributed by atoms with van der Waals surface area (Å²) in [5, 5.41) is 0. The van der Waals surface area contributed by atoms with Gasteiger partial charge in [-0.15, -0.1) is 0 Å². The van der Waals surface area contributed by atoms with Gasteiger partial charge in [-0.3, -0.25) is 9.59 Å². The lowest BCUT2D eigenvalue weighted by Crippen LogP contribution is -2.16. The zero-order chi connectivity index (χ0) is 13.0. The van der Waals surface area contributed by atoms with Crippen LogP contribution in [0.15, 0.2) is 34.9 Å². The Balaban J connectivity index is 2.67. The molecule has 0 bridgehead atoms. The van der Waals surface area contributed by atoms with Crippen LogP contribution in [-0.4, -0.2) is 11.6 Å². The number of rotatable bonds is 4. The van der Waals surface area contributed by atoms with E-state index in [1.54, 1.807) is 6.92 Å². The Hall–Kier alpha value is -1.44. The third-order valence-corrected chi connectivity index (χ3v) is 2.99. The minimum Gasteiger partial charge on any atom is -0.290 e. The first-order chi connectivity index (χ1) is 7.91. The van der Waals surface area contributed by atoms with Crippen molar-refractivity contribution in [1.29, 1.82) is 0 Å². The number of ketones is 2. The van der Waals surface area contributed by atoms with Crippen molar-refractivity contribution in [3.05, 3.63) is 34.9 Å². The molecule has 0 aromatic carbocycles. The van der Waals surface area contributed by atoms with E-state index in [2.05, 4.69) is 19.9 Å². The molecule has 1 unspecified atom stereocenters. The lowest BCUT2D eigenvalue weighted by Gasteiger charge is -2.16. The normalized spacial score (nSPS) is 17.4. The molecule has 0 aromatic heterocycles. The van der Waals surface area contributed by atoms with E-state index >= 15 is 0 Å². The first-order valence-corrected chi connectivity index (χ1v) is 6.03. The average Bonchev–Trinajstić information content (AvgIpc) is 2.22. The summed E-state index contributed by atoms with van der Waals surface area (Å²) in [5.41, 5.74) is 2.48. The van der Waals surface area contributed by atoms with Gasteiger partial charge in [-0.2, -0.15) is 0 Å². The molecule has 17 heavy (non-hydrogen) atoms. The second-order valence-corrected chi connectivity index (χ2v) is 4.92. The Kier molecular flexibility index (Phi) is 4.62. The molecule has 0 aromatic rings. The molecule has 1 atom stereocenters. The third-order valence-electron chi connectivity index (χ3n) is 2.99. The van der Waals surface area contributed by atoms with Gasteiger partial charge in [0.25, 0.3) is 0 Å². The van der Waals surface area contributed by atoms with Gasteiger partial charge in [0.2, 0.25) is 0 Å². The molecule has 0 saturated carbocycles. The molecule has 0 saturated heterocycles. The third kappa shape index (κ3) is 3.81. The minimum absolute atomic E-state index is 0.00759. The van der Waals surface area contributed by atoms with Gasteiger partial charge in [-0.25, -0.2) is 0 Å². The van der Waals surface area contributed by atoms with E-state index in [-0.39, 0.29) is 17.5 Å². The summed E-state index contributed by atoms with van der Waals surface area (Å²) >= 11 is 0. The maximum atomic E-state index is 11.8. The molecule has 0 heterocycles. The van der Waals surface area contributed by atoms with Crippen LogP contribution in [0.1, 0.15) is 40.5 Å². The standard InChI is InChI=1S/C15H20O2/c1-10(2)6-5-7-11(3)13-9-14(16)12(4)8-15(13)17/h6,8-9,11H,5,7H2,1-4H3. The fourth-order valence-corrected chi connectivity index (χ4v) is 1.84. The molecule has 2 nitrogen and oxygen atoms in total. The first kappa shape index (κ1) is 13.6. The van der Waals surface area contributed by atoms with E-state index in [4.69, 9.17) is 0 Å². The van der Waals surface area contributed by atoms with Crippen molar-refractivity contribution in [1.82, 2.24) is 0 Å². The van der Waals surface area contributed by atoms with Gasteiger partial charge in [-0.1, -0.05) is 18.6 Å². The van der Waals surface area contributed by atoms with E-state index in [9.17, 15) is 9.59 Å². The fraction of sp³-hybridized carbons (Fsp3) is 0.467. The second-order valence-electron chi connectivity index (χ2n) is 4.92. The Labute approximate surface area is 103 Å². The molecule has 1 rings (SSSR count). The molecule has 0 fully saturated rings. The lowest BCUT2D eigenvalue weighted by atomic mass is 9.87. The molecule has 92 valence electrons. The van der Waals surface area contributed by atoms with Crippen LogP contribution < -0.4 is 0 Å². The van der Waals surface area contributed by atoms with Crippen molar-refractivity contribution >= 4 is 11.6 Å². The van der Waals surface area contributed by atoms with Gasteiger partial charge >= 0.3 is 0 Å². The molecule has 0 radical (unpaired) electrons. The average molecular weight is 232 g/mol. The maximum Gasteiger partial charge on any atom is 0.182 e. The van der Waals surface area contributed by atoms with Crippen molar-refractivity contribution in [3.8, 4) is 0 Å². The van der Waals surface area contributed by atoms with E-state index in [0.29, 0.717) is 11.1 Å². The van der Waals surface area contributed by atoms with E-state index in [1.165, 1.54) is 17.7 Å². The van der Waals surface area contributed by atoms with Gasteiger partial charge in [0.05, 0.1) is 0 Å². The highest BCUT2D eigenvalue weighted by Gasteiger charge is 2.21. The van der Waals surface area contributed by atoms with Crippen LogP contribution in [0.25, 0.3) is 0 Å². The number of allylic oxidation sites excluding steroid dienone is 6. The Morgan fingerprint density at radius 3 is 2.47 bits per heavy atom. The van der Waals surface area contributed by atoms with Crippen LogP contribution in [0.3, 0.4) is 0 Å². The highest BCUT2D eigenvalue weighted by molar-refractivity contribution is 6.19. The smallest absolute Gasteiger partial charge is 0.182 e. The monoisotopic (exact) mass is 232 g/mol. The summed E-state index contributed by atoms with van der Waals surface area (Å²) in [7, 11) is 0. The van der Waals surface area contributed by atoms with Crippen molar-refractivity contribution < 1.29 is 9.59 Å². The van der Waals surface area contributed by atoms with Crippen LogP contribution >= 0.6 is 0 Å². The largest absolute Gasteiger partial charge is 0.290 e. The Bertz CT molecular complexity index is 418. The van der Waals surface area contributed by atoms with Gasteiger partial charge in [0.15, 0.2) is 11.6 Å². The van der Waals surface area contributed by atoms with Crippen molar-refractivity contribution in [2.24, 2.45) is 5.92 Å². The summed E-state index contributed by atoms with van der Waals surface area (Å²) in [6.45, 7) is 7.81. The molecule has 0 amide bonds. The summed E-state index contributed by atoms with van der Waals surface area (Å²) in [5.74, 6) is 0.104. The zero-order valence-corrected chi connectivity index (χ0v) is 11.0. The Morgan fingerprint density at radius 1 is 1.24 bits per heavy atom. The fourth-order valence-electron chi connectivity index (χ4n) is 1.84. The minimum atomic E-state index is -0.0336. The van der Waals surface area contributed by atoms with Gasteiger partial charge in [0, 0.05) is 11.1 Å². The summed E-state index contributed by atoms with van der Waals surface area (Å²) in [6.07, 6.45) is 6.97. The van der Waals surface area contributed by atoms with Crippen LogP contribution in [0.5, 0.6) is 0 Å². The SMILES string of the molecule is CC(C)=CCCC(C)C1=CC(=O)C(C)=CC1=O. The molecule has 0 N–H and O–H groups in total.